The van der Waals surface area contributed by atoms with E-state index in [9.17, 15) is 4.39 Å². The Labute approximate surface area is 104 Å². The number of ether oxygens (including phenoxy) is 1. The molecule has 4 nitrogen and oxygen atoms in total. The molecule has 3 rings (SSSR count). The molecule has 1 saturated heterocycles. The fourth-order valence-corrected chi connectivity index (χ4v) is 2.16. The normalized spacial score (nSPS) is 16.9. The second-order valence-corrected chi connectivity index (χ2v) is 4.43. The van der Waals surface area contributed by atoms with Gasteiger partial charge in [0, 0.05) is 18.8 Å². The average Bonchev–Trinajstić information content (AvgIpc) is 2.90. The highest BCUT2D eigenvalue weighted by Crippen LogP contribution is 2.22. The molecule has 0 bridgehead atoms. The third kappa shape index (κ3) is 2.26. The maximum absolute atomic E-state index is 12.8. The highest BCUT2D eigenvalue weighted by Gasteiger charge is 2.17. The summed E-state index contributed by atoms with van der Waals surface area (Å²) in [4.78, 5) is 0. The van der Waals surface area contributed by atoms with Gasteiger partial charge >= 0.3 is 0 Å². The van der Waals surface area contributed by atoms with Gasteiger partial charge in [0.1, 0.15) is 11.5 Å². The van der Waals surface area contributed by atoms with Crippen molar-refractivity contribution in [2.45, 2.75) is 18.9 Å². The first-order chi connectivity index (χ1) is 8.83. The van der Waals surface area contributed by atoms with Gasteiger partial charge in [-0.05, 0) is 37.1 Å². The van der Waals surface area contributed by atoms with E-state index >= 15 is 0 Å². The highest BCUT2D eigenvalue weighted by molar-refractivity contribution is 5.57. The van der Waals surface area contributed by atoms with Crippen molar-refractivity contribution in [3.8, 4) is 11.3 Å². The maximum atomic E-state index is 12.8. The van der Waals surface area contributed by atoms with Gasteiger partial charge in [-0.3, -0.25) is 0 Å². The monoisotopic (exact) mass is 247 g/mol. The van der Waals surface area contributed by atoms with Crippen LogP contribution < -0.4 is 0 Å². The SMILES string of the molecule is Fc1ccc(-c2cn(C3CCOCC3)nn2)cc1. The standard InChI is InChI=1S/C13H14FN3O/c14-11-3-1-10(2-4-11)13-9-17(16-15-13)12-5-7-18-8-6-12/h1-4,9,12H,5-8H2. The maximum Gasteiger partial charge on any atom is 0.123 e. The molecule has 94 valence electrons. The van der Waals surface area contributed by atoms with Gasteiger partial charge in [-0.2, -0.15) is 0 Å². The van der Waals surface area contributed by atoms with E-state index in [0.29, 0.717) is 6.04 Å². The summed E-state index contributed by atoms with van der Waals surface area (Å²) < 4.78 is 20.1. The third-order valence-corrected chi connectivity index (χ3v) is 3.22. The van der Waals surface area contributed by atoms with Gasteiger partial charge in [-0.25, -0.2) is 9.07 Å². The quantitative estimate of drug-likeness (QED) is 0.818. The van der Waals surface area contributed by atoms with Gasteiger partial charge in [0.25, 0.3) is 0 Å². The molecule has 18 heavy (non-hydrogen) atoms. The van der Waals surface area contributed by atoms with Crippen LogP contribution in [-0.2, 0) is 4.74 Å². The first kappa shape index (κ1) is 11.3. The molecule has 0 saturated carbocycles. The highest BCUT2D eigenvalue weighted by atomic mass is 19.1. The van der Waals surface area contributed by atoms with E-state index in [-0.39, 0.29) is 5.82 Å². The second-order valence-electron chi connectivity index (χ2n) is 4.43. The predicted molar refractivity (Wildman–Crippen MR) is 64.5 cm³/mol. The first-order valence-electron chi connectivity index (χ1n) is 6.08. The number of hydrogen-bond acceptors (Lipinski definition) is 3. The van der Waals surface area contributed by atoms with Gasteiger partial charge in [-0.1, -0.05) is 5.21 Å². The van der Waals surface area contributed by atoms with Crippen LogP contribution in [0.15, 0.2) is 30.5 Å². The summed E-state index contributed by atoms with van der Waals surface area (Å²) in [5, 5.41) is 8.30. The van der Waals surface area contributed by atoms with E-state index in [0.717, 1.165) is 37.3 Å². The van der Waals surface area contributed by atoms with E-state index in [4.69, 9.17) is 4.74 Å². The number of halogens is 1. The minimum absolute atomic E-state index is 0.240. The topological polar surface area (TPSA) is 39.9 Å². The van der Waals surface area contributed by atoms with Crippen LogP contribution >= 0.6 is 0 Å². The summed E-state index contributed by atoms with van der Waals surface area (Å²) in [6, 6.07) is 6.66. The molecule has 0 spiro atoms. The molecule has 0 atom stereocenters. The molecule has 1 aliphatic rings. The summed E-state index contributed by atoms with van der Waals surface area (Å²) in [6.07, 6.45) is 3.85. The average molecular weight is 247 g/mol. The first-order valence-corrected chi connectivity index (χ1v) is 6.08. The number of aromatic nitrogens is 3. The van der Waals surface area contributed by atoms with E-state index in [1.165, 1.54) is 12.1 Å². The lowest BCUT2D eigenvalue weighted by Gasteiger charge is -2.21. The summed E-state index contributed by atoms with van der Waals surface area (Å²) in [7, 11) is 0. The fraction of sp³-hybridized carbons (Fsp3) is 0.385. The molecule has 2 aromatic rings. The van der Waals surface area contributed by atoms with Crippen molar-refractivity contribution in [2.24, 2.45) is 0 Å². The Morgan fingerprint density at radius 2 is 1.89 bits per heavy atom. The Hall–Kier alpha value is -1.75. The van der Waals surface area contributed by atoms with Crippen LogP contribution in [0.25, 0.3) is 11.3 Å². The molecular formula is C13H14FN3O. The van der Waals surface area contributed by atoms with Crippen molar-refractivity contribution < 1.29 is 9.13 Å². The molecular weight excluding hydrogens is 233 g/mol. The van der Waals surface area contributed by atoms with Crippen LogP contribution in [0.4, 0.5) is 4.39 Å². The third-order valence-electron chi connectivity index (χ3n) is 3.22. The zero-order chi connectivity index (χ0) is 12.4. The molecule has 2 heterocycles. The number of nitrogens with zero attached hydrogens (tertiary/aromatic N) is 3. The van der Waals surface area contributed by atoms with Crippen molar-refractivity contribution >= 4 is 0 Å². The summed E-state index contributed by atoms with van der Waals surface area (Å²) >= 11 is 0. The smallest absolute Gasteiger partial charge is 0.123 e. The Morgan fingerprint density at radius 1 is 1.17 bits per heavy atom. The van der Waals surface area contributed by atoms with Crippen LogP contribution in [0.3, 0.4) is 0 Å². The lowest BCUT2D eigenvalue weighted by Crippen LogP contribution is -2.19. The van der Waals surface area contributed by atoms with Crippen molar-refractivity contribution in [1.82, 2.24) is 15.0 Å². The van der Waals surface area contributed by atoms with E-state index in [1.807, 2.05) is 10.9 Å². The summed E-state index contributed by atoms with van der Waals surface area (Å²) in [5.74, 6) is -0.240. The van der Waals surface area contributed by atoms with Crippen LogP contribution in [-0.4, -0.2) is 28.2 Å². The van der Waals surface area contributed by atoms with E-state index < -0.39 is 0 Å². The molecule has 0 unspecified atom stereocenters. The van der Waals surface area contributed by atoms with Crippen LogP contribution in [0.2, 0.25) is 0 Å². The Bertz CT molecular complexity index is 517. The Morgan fingerprint density at radius 3 is 2.61 bits per heavy atom. The molecule has 0 N–H and O–H groups in total. The van der Waals surface area contributed by atoms with Crippen molar-refractivity contribution in [3.63, 3.8) is 0 Å². The largest absolute Gasteiger partial charge is 0.381 e. The molecule has 5 heteroatoms. The molecule has 1 aromatic heterocycles. The summed E-state index contributed by atoms with van der Waals surface area (Å²) in [5.41, 5.74) is 1.66. The summed E-state index contributed by atoms with van der Waals surface area (Å²) in [6.45, 7) is 1.55. The van der Waals surface area contributed by atoms with Crippen LogP contribution in [0.5, 0.6) is 0 Å². The van der Waals surface area contributed by atoms with Crippen molar-refractivity contribution in [2.75, 3.05) is 13.2 Å². The van der Waals surface area contributed by atoms with E-state index in [2.05, 4.69) is 10.3 Å². The minimum Gasteiger partial charge on any atom is -0.381 e. The lowest BCUT2D eigenvalue weighted by atomic mass is 10.1. The van der Waals surface area contributed by atoms with Gasteiger partial charge < -0.3 is 4.74 Å². The number of hydrogen-bond donors (Lipinski definition) is 0. The molecule has 0 aliphatic carbocycles. The molecule has 1 aromatic carbocycles. The van der Waals surface area contributed by atoms with Gasteiger partial charge in [0.2, 0.25) is 0 Å². The van der Waals surface area contributed by atoms with Crippen molar-refractivity contribution in [1.29, 1.82) is 0 Å². The van der Waals surface area contributed by atoms with Crippen LogP contribution in [0.1, 0.15) is 18.9 Å². The zero-order valence-electron chi connectivity index (χ0n) is 9.92. The van der Waals surface area contributed by atoms with Crippen molar-refractivity contribution in [3.05, 3.63) is 36.3 Å². The number of rotatable bonds is 2. The predicted octanol–water partition coefficient (Wildman–Crippen LogP) is 2.44. The second kappa shape index (κ2) is 4.86. The van der Waals surface area contributed by atoms with Crippen LogP contribution in [0, 0.1) is 5.82 Å². The Kier molecular flexibility index (Phi) is 3.06. The van der Waals surface area contributed by atoms with Gasteiger partial charge in [0.15, 0.2) is 0 Å². The van der Waals surface area contributed by atoms with Gasteiger partial charge in [0.05, 0.1) is 12.2 Å². The zero-order valence-corrected chi connectivity index (χ0v) is 9.92. The fourth-order valence-electron chi connectivity index (χ4n) is 2.16. The van der Waals surface area contributed by atoms with E-state index in [1.54, 1.807) is 12.1 Å². The molecule has 1 fully saturated rings. The number of benzene rings is 1. The Balaban J connectivity index is 1.82. The lowest BCUT2D eigenvalue weighted by molar-refractivity contribution is 0.0657. The molecule has 0 amide bonds. The molecule has 1 aliphatic heterocycles. The molecule has 0 radical (unpaired) electrons. The van der Waals surface area contributed by atoms with Gasteiger partial charge in [-0.15, -0.1) is 5.10 Å². The minimum atomic E-state index is -0.240.